The molecule has 0 radical (unpaired) electrons. The first-order valence-corrected chi connectivity index (χ1v) is 7.68. The molecule has 0 spiro atoms. The van der Waals surface area contributed by atoms with Gasteiger partial charge in [0.1, 0.15) is 0 Å². The quantitative estimate of drug-likeness (QED) is 0.624. The largest absolute Gasteiger partial charge is 0.357 e. The van der Waals surface area contributed by atoms with Crippen molar-refractivity contribution < 1.29 is 4.79 Å². The van der Waals surface area contributed by atoms with Crippen molar-refractivity contribution in [3.05, 3.63) is 12.7 Å². The van der Waals surface area contributed by atoms with E-state index in [1.807, 2.05) is 27.7 Å². The number of carbonyl (C=O) groups excluding carboxylic acids is 1. The molecule has 19 heavy (non-hydrogen) atoms. The third-order valence-electron chi connectivity index (χ3n) is 1.95. The van der Waals surface area contributed by atoms with Gasteiger partial charge in [0, 0.05) is 12.1 Å². The first-order valence-electron chi connectivity index (χ1n) is 5.99. The molecule has 0 unspecified atom stereocenters. The Morgan fingerprint density at radius 3 is 2.79 bits per heavy atom. The fourth-order valence-corrected chi connectivity index (χ4v) is 3.07. The van der Waals surface area contributed by atoms with E-state index in [1.54, 1.807) is 6.08 Å². The number of aromatic nitrogens is 2. The zero-order valence-electron chi connectivity index (χ0n) is 11.7. The van der Waals surface area contributed by atoms with Gasteiger partial charge >= 0.3 is 0 Å². The maximum absolute atomic E-state index is 11.9. The molecule has 1 heterocycles. The molecule has 5 nitrogen and oxygen atoms in total. The topological polar surface area (TPSA) is 66.9 Å². The molecular weight excluding hydrogens is 280 g/mol. The Bertz CT molecular complexity index is 439. The fraction of sp³-hybridized carbons (Fsp3) is 0.583. The Labute approximate surface area is 122 Å². The maximum atomic E-state index is 11.9. The Kier molecular flexibility index (Phi) is 5.81. The van der Waals surface area contributed by atoms with Crippen molar-refractivity contribution in [2.45, 2.75) is 42.8 Å². The van der Waals surface area contributed by atoms with Crippen LogP contribution in [-0.4, -0.2) is 33.4 Å². The van der Waals surface area contributed by atoms with Gasteiger partial charge in [-0.25, -0.2) is 0 Å². The minimum Gasteiger partial charge on any atom is -0.357 e. The number of amides is 1. The second-order valence-corrected chi connectivity index (χ2v) is 7.61. The van der Waals surface area contributed by atoms with E-state index in [0.29, 0.717) is 6.54 Å². The summed E-state index contributed by atoms with van der Waals surface area (Å²) >= 11 is 2.85. The molecule has 0 fully saturated rings. The Morgan fingerprint density at radius 2 is 2.21 bits per heavy atom. The van der Waals surface area contributed by atoms with Crippen LogP contribution in [0.15, 0.2) is 17.0 Å². The number of hydrogen-bond donors (Lipinski definition) is 2. The molecule has 2 N–H and O–H groups in total. The van der Waals surface area contributed by atoms with Gasteiger partial charge in [-0.1, -0.05) is 29.2 Å². The molecule has 1 amide bonds. The molecule has 0 aliphatic carbocycles. The molecule has 1 atom stereocenters. The van der Waals surface area contributed by atoms with E-state index in [2.05, 4.69) is 27.4 Å². The zero-order chi connectivity index (χ0) is 14.5. The van der Waals surface area contributed by atoms with E-state index in [4.69, 9.17) is 0 Å². The van der Waals surface area contributed by atoms with Crippen molar-refractivity contribution >= 4 is 34.1 Å². The summed E-state index contributed by atoms with van der Waals surface area (Å²) < 4.78 is 0.781. The van der Waals surface area contributed by atoms with Crippen molar-refractivity contribution in [3.63, 3.8) is 0 Å². The van der Waals surface area contributed by atoms with E-state index in [-0.39, 0.29) is 16.7 Å². The summed E-state index contributed by atoms with van der Waals surface area (Å²) in [6.07, 6.45) is 1.76. The van der Waals surface area contributed by atoms with Crippen LogP contribution in [0.1, 0.15) is 27.7 Å². The number of nitrogens with zero attached hydrogens (tertiary/aromatic N) is 2. The van der Waals surface area contributed by atoms with Gasteiger partial charge in [0.15, 0.2) is 4.34 Å². The summed E-state index contributed by atoms with van der Waals surface area (Å²) in [5.41, 5.74) is -0.219. The number of carbonyl (C=O) groups is 1. The highest BCUT2D eigenvalue weighted by atomic mass is 32.2. The normalized spacial score (nSPS) is 12.8. The zero-order valence-corrected chi connectivity index (χ0v) is 13.3. The maximum Gasteiger partial charge on any atom is 0.233 e. The van der Waals surface area contributed by atoms with Crippen molar-refractivity contribution in [1.82, 2.24) is 15.5 Å². The number of hydrogen-bond acceptors (Lipinski definition) is 6. The molecule has 1 aromatic rings. The van der Waals surface area contributed by atoms with Crippen LogP contribution in [-0.2, 0) is 4.79 Å². The molecule has 0 aliphatic rings. The lowest BCUT2D eigenvalue weighted by Gasteiger charge is -2.22. The first kappa shape index (κ1) is 16.0. The van der Waals surface area contributed by atoms with Crippen molar-refractivity contribution in [1.29, 1.82) is 0 Å². The lowest BCUT2D eigenvalue weighted by molar-refractivity contribution is -0.121. The van der Waals surface area contributed by atoms with Crippen molar-refractivity contribution in [2.24, 2.45) is 0 Å². The summed E-state index contributed by atoms with van der Waals surface area (Å²) in [4.78, 5) is 11.9. The second kappa shape index (κ2) is 6.91. The monoisotopic (exact) mass is 300 g/mol. The first-order chi connectivity index (χ1) is 8.81. The Hall–Kier alpha value is -1.08. The highest BCUT2D eigenvalue weighted by Crippen LogP contribution is 2.29. The highest BCUT2D eigenvalue weighted by Gasteiger charge is 2.21. The Balaban J connectivity index is 2.52. The summed E-state index contributed by atoms with van der Waals surface area (Å²) in [6.45, 7) is 12.0. The minimum atomic E-state index is -0.219. The molecule has 0 aromatic carbocycles. The van der Waals surface area contributed by atoms with Gasteiger partial charge in [-0.05, 0) is 27.7 Å². The summed E-state index contributed by atoms with van der Waals surface area (Å²) in [5.74, 6) is 0.00769. The minimum absolute atomic E-state index is 0.00769. The summed E-state index contributed by atoms with van der Waals surface area (Å²) in [5, 5.41) is 14.6. The molecule has 0 bridgehead atoms. The van der Waals surface area contributed by atoms with E-state index in [9.17, 15) is 4.79 Å². The lowest BCUT2D eigenvalue weighted by Crippen LogP contribution is -2.44. The third kappa shape index (κ3) is 6.07. The number of anilines is 1. The van der Waals surface area contributed by atoms with Crippen LogP contribution in [0.4, 0.5) is 5.13 Å². The van der Waals surface area contributed by atoms with E-state index < -0.39 is 0 Å². The molecule has 106 valence electrons. The molecule has 0 saturated carbocycles. The van der Waals surface area contributed by atoms with Crippen LogP contribution < -0.4 is 10.6 Å². The predicted molar refractivity (Wildman–Crippen MR) is 81.8 cm³/mol. The average Bonchev–Trinajstić information content (AvgIpc) is 2.71. The molecule has 7 heteroatoms. The molecule has 1 rings (SSSR count). The molecular formula is C12H20N4OS2. The van der Waals surface area contributed by atoms with Gasteiger partial charge in [0.05, 0.1) is 5.25 Å². The van der Waals surface area contributed by atoms with Crippen LogP contribution in [0.25, 0.3) is 0 Å². The third-order valence-corrected chi connectivity index (χ3v) is 4.01. The SMILES string of the molecule is C=CCNc1nnc(S[C@@H](C)C(=O)NC(C)(C)C)s1. The van der Waals surface area contributed by atoms with Crippen LogP contribution in [0.5, 0.6) is 0 Å². The lowest BCUT2D eigenvalue weighted by atomic mass is 10.1. The van der Waals surface area contributed by atoms with Crippen LogP contribution >= 0.6 is 23.1 Å². The average molecular weight is 300 g/mol. The van der Waals surface area contributed by atoms with Gasteiger partial charge in [0.25, 0.3) is 0 Å². The number of thioether (sulfide) groups is 1. The van der Waals surface area contributed by atoms with Crippen molar-refractivity contribution in [2.75, 3.05) is 11.9 Å². The summed E-state index contributed by atoms with van der Waals surface area (Å²) in [7, 11) is 0. The Morgan fingerprint density at radius 1 is 1.53 bits per heavy atom. The van der Waals surface area contributed by atoms with Gasteiger partial charge in [-0.15, -0.1) is 16.8 Å². The summed E-state index contributed by atoms with van der Waals surface area (Å²) in [6, 6.07) is 0. The van der Waals surface area contributed by atoms with E-state index in [0.717, 1.165) is 9.47 Å². The predicted octanol–water partition coefficient (Wildman–Crippen LogP) is 2.53. The number of nitrogens with one attached hydrogen (secondary N) is 2. The molecule has 0 aliphatic heterocycles. The van der Waals surface area contributed by atoms with Gasteiger partial charge in [-0.3, -0.25) is 4.79 Å². The smallest absolute Gasteiger partial charge is 0.233 e. The van der Waals surface area contributed by atoms with Gasteiger partial charge in [0.2, 0.25) is 11.0 Å². The van der Waals surface area contributed by atoms with Gasteiger partial charge in [-0.2, -0.15) is 0 Å². The van der Waals surface area contributed by atoms with Crippen LogP contribution in [0.3, 0.4) is 0 Å². The van der Waals surface area contributed by atoms with E-state index >= 15 is 0 Å². The second-order valence-electron chi connectivity index (χ2n) is 5.04. The molecule has 0 saturated heterocycles. The highest BCUT2D eigenvalue weighted by molar-refractivity contribution is 8.02. The number of rotatable bonds is 6. The fourth-order valence-electron chi connectivity index (χ4n) is 1.16. The van der Waals surface area contributed by atoms with Crippen LogP contribution in [0.2, 0.25) is 0 Å². The molecule has 1 aromatic heterocycles. The standard InChI is InChI=1S/C12H20N4OS2/c1-6-7-13-10-15-16-11(19-10)18-8(2)9(17)14-12(3,4)5/h6,8H,1,7H2,2-5H3,(H,13,15)(H,14,17)/t8-/m0/s1. The van der Waals surface area contributed by atoms with Crippen molar-refractivity contribution in [3.8, 4) is 0 Å². The van der Waals surface area contributed by atoms with E-state index in [1.165, 1.54) is 23.1 Å². The van der Waals surface area contributed by atoms with Gasteiger partial charge < -0.3 is 10.6 Å². The van der Waals surface area contributed by atoms with Crippen LogP contribution in [0, 0.1) is 0 Å².